The molecule has 2 unspecified atom stereocenters. The first-order valence-electron chi connectivity index (χ1n) is 7.68. The molecule has 4 heteroatoms. The highest BCUT2D eigenvalue weighted by Gasteiger charge is 2.28. The van der Waals surface area contributed by atoms with Crippen LogP contribution in [0.25, 0.3) is 0 Å². The molecule has 0 saturated carbocycles. The Balaban J connectivity index is 0.00000220. The lowest BCUT2D eigenvalue weighted by atomic mass is 9.82. The molecule has 0 bridgehead atoms. The van der Waals surface area contributed by atoms with Crippen molar-refractivity contribution in [3.8, 4) is 0 Å². The van der Waals surface area contributed by atoms with Crippen LogP contribution in [0, 0.1) is 5.41 Å². The van der Waals surface area contributed by atoms with Crippen molar-refractivity contribution in [3.05, 3.63) is 35.9 Å². The van der Waals surface area contributed by atoms with Crippen molar-refractivity contribution >= 4 is 18.3 Å². The van der Waals surface area contributed by atoms with Crippen molar-refractivity contribution in [2.75, 3.05) is 19.6 Å². The van der Waals surface area contributed by atoms with Crippen LogP contribution in [0.1, 0.15) is 44.6 Å². The maximum absolute atomic E-state index is 12.4. The lowest BCUT2D eigenvalue weighted by molar-refractivity contribution is -0.123. The minimum Gasteiger partial charge on any atom is -0.355 e. The predicted octanol–water partition coefficient (Wildman–Crippen LogP) is 3.11. The van der Waals surface area contributed by atoms with Gasteiger partial charge < -0.3 is 10.6 Å². The summed E-state index contributed by atoms with van der Waals surface area (Å²) >= 11 is 0. The number of amides is 1. The van der Waals surface area contributed by atoms with Crippen molar-refractivity contribution < 1.29 is 4.79 Å². The summed E-state index contributed by atoms with van der Waals surface area (Å²) in [5.74, 6) is 0.127. The number of carbonyl (C=O) groups excluding carboxylic acids is 1. The van der Waals surface area contributed by atoms with Gasteiger partial charge in [-0.15, -0.1) is 12.4 Å². The van der Waals surface area contributed by atoms with E-state index < -0.39 is 0 Å². The van der Waals surface area contributed by atoms with Crippen LogP contribution < -0.4 is 10.6 Å². The maximum atomic E-state index is 12.4. The normalized spacial score (nSPS) is 23.0. The Bertz CT molecular complexity index is 430. The SMILES string of the molecule is CCC(C(=O)NCC1(C)CCCNC1)c1ccccc1.Cl. The highest BCUT2D eigenvalue weighted by atomic mass is 35.5. The van der Waals surface area contributed by atoms with E-state index in [-0.39, 0.29) is 29.6 Å². The number of carbonyl (C=O) groups is 1. The molecule has 0 spiro atoms. The Morgan fingerprint density at radius 3 is 2.67 bits per heavy atom. The van der Waals surface area contributed by atoms with Crippen LogP contribution in [0.3, 0.4) is 0 Å². The van der Waals surface area contributed by atoms with E-state index in [1.54, 1.807) is 0 Å². The van der Waals surface area contributed by atoms with E-state index in [1.165, 1.54) is 12.8 Å². The Labute approximate surface area is 134 Å². The summed E-state index contributed by atoms with van der Waals surface area (Å²) in [4.78, 5) is 12.4. The molecule has 21 heavy (non-hydrogen) atoms. The maximum Gasteiger partial charge on any atom is 0.227 e. The first-order chi connectivity index (χ1) is 9.64. The van der Waals surface area contributed by atoms with Crippen molar-refractivity contribution in [2.24, 2.45) is 5.41 Å². The lowest BCUT2D eigenvalue weighted by Crippen LogP contribution is -2.46. The number of hydrogen-bond donors (Lipinski definition) is 2. The van der Waals surface area contributed by atoms with Crippen LogP contribution >= 0.6 is 12.4 Å². The van der Waals surface area contributed by atoms with Gasteiger partial charge in [-0.1, -0.05) is 44.2 Å². The second kappa shape index (κ2) is 8.40. The molecular formula is C17H27ClN2O. The third-order valence-electron chi connectivity index (χ3n) is 4.30. The average Bonchev–Trinajstić information content (AvgIpc) is 2.48. The molecular weight excluding hydrogens is 284 g/mol. The predicted molar refractivity (Wildman–Crippen MR) is 89.9 cm³/mol. The summed E-state index contributed by atoms with van der Waals surface area (Å²) in [6.07, 6.45) is 3.22. The standard InChI is InChI=1S/C17H26N2O.ClH/c1-3-15(14-8-5-4-6-9-14)16(20)19-13-17(2)10-7-11-18-12-17;/h4-6,8-9,15,18H,3,7,10-13H2,1-2H3,(H,19,20);1H. The summed E-state index contributed by atoms with van der Waals surface area (Å²) in [7, 11) is 0. The number of hydrogen-bond acceptors (Lipinski definition) is 2. The van der Waals surface area contributed by atoms with Gasteiger partial charge in [0, 0.05) is 13.1 Å². The first kappa shape index (κ1) is 18.0. The minimum atomic E-state index is -0.0312. The zero-order chi connectivity index (χ0) is 14.4. The van der Waals surface area contributed by atoms with Crippen LogP contribution in [0.4, 0.5) is 0 Å². The van der Waals surface area contributed by atoms with Crippen LogP contribution in [0.15, 0.2) is 30.3 Å². The molecule has 1 heterocycles. The van der Waals surface area contributed by atoms with Crippen molar-refractivity contribution in [1.82, 2.24) is 10.6 Å². The van der Waals surface area contributed by atoms with E-state index in [1.807, 2.05) is 30.3 Å². The van der Waals surface area contributed by atoms with E-state index in [9.17, 15) is 4.79 Å². The zero-order valence-electron chi connectivity index (χ0n) is 13.0. The molecule has 1 aliphatic rings. The second-order valence-electron chi connectivity index (χ2n) is 6.18. The third kappa shape index (κ3) is 5.01. The molecule has 1 aromatic carbocycles. The number of rotatable bonds is 5. The number of halogens is 1. The Morgan fingerprint density at radius 2 is 2.10 bits per heavy atom. The Kier molecular flexibility index (Phi) is 7.20. The van der Waals surface area contributed by atoms with E-state index >= 15 is 0 Å². The van der Waals surface area contributed by atoms with Gasteiger partial charge in [-0.2, -0.15) is 0 Å². The summed E-state index contributed by atoms with van der Waals surface area (Å²) in [6.45, 7) is 7.19. The number of nitrogens with one attached hydrogen (secondary N) is 2. The number of piperidine rings is 1. The highest BCUT2D eigenvalue weighted by Crippen LogP contribution is 2.25. The lowest BCUT2D eigenvalue weighted by Gasteiger charge is -2.34. The monoisotopic (exact) mass is 310 g/mol. The molecule has 2 rings (SSSR count). The van der Waals surface area contributed by atoms with E-state index in [4.69, 9.17) is 0 Å². The first-order valence-corrected chi connectivity index (χ1v) is 7.68. The molecule has 118 valence electrons. The second-order valence-corrected chi connectivity index (χ2v) is 6.18. The molecule has 1 amide bonds. The largest absolute Gasteiger partial charge is 0.355 e. The third-order valence-corrected chi connectivity index (χ3v) is 4.30. The van der Waals surface area contributed by atoms with E-state index in [0.717, 1.165) is 31.6 Å². The molecule has 1 fully saturated rings. The van der Waals surface area contributed by atoms with Gasteiger partial charge in [-0.3, -0.25) is 4.79 Å². The van der Waals surface area contributed by atoms with Gasteiger partial charge >= 0.3 is 0 Å². The van der Waals surface area contributed by atoms with Crippen LogP contribution in [-0.2, 0) is 4.79 Å². The zero-order valence-corrected chi connectivity index (χ0v) is 13.8. The quantitative estimate of drug-likeness (QED) is 0.877. The fourth-order valence-electron chi connectivity index (χ4n) is 2.95. The molecule has 1 aromatic rings. The van der Waals surface area contributed by atoms with Crippen LogP contribution in [0.2, 0.25) is 0 Å². The minimum absolute atomic E-state index is 0. The molecule has 1 saturated heterocycles. The van der Waals surface area contributed by atoms with Crippen molar-refractivity contribution in [1.29, 1.82) is 0 Å². The molecule has 0 aliphatic carbocycles. The van der Waals surface area contributed by atoms with Gasteiger partial charge in [0.05, 0.1) is 5.92 Å². The molecule has 2 atom stereocenters. The summed E-state index contributed by atoms with van der Waals surface area (Å²) in [6, 6.07) is 10.1. The fraction of sp³-hybridized carbons (Fsp3) is 0.588. The van der Waals surface area contributed by atoms with Crippen molar-refractivity contribution in [3.63, 3.8) is 0 Å². The Hall–Kier alpha value is -1.06. The van der Waals surface area contributed by atoms with E-state index in [2.05, 4.69) is 24.5 Å². The van der Waals surface area contributed by atoms with Gasteiger partial charge in [-0.25, -0.2) is 0 Å². The summed E-state index contributed by atoms with van der Waals surface area (Å²) in [5, 5.41) is 6.59. The smallest absolute Gasteiger partial charge is 0.227 e. The van der Waals surface area contributed by atoms with Crippen LogP contribution in [-0.4, -0.2) is 25.5 Å². The highest BCUT2D eigenvalue weighted by molar-refractivity contribution is 5.85. The Morgan fingerprint density at radius 1 is 1.38 bits per heavy atom. The molecule has 2 N–H and O–H groups in total. The molecule has 1 aliphatic heterocycles. The van der Waals surface area contributed by atoms with E-state index in [0.29, 0.717) is 0 Å². The van der Waals surface area contributed by atoms with Gasteiger partial charge in [0.2, 0.25) is 5.91 Å². The van der Waals surface area contributed by atoms with Crippen LogP contribution in [0.5, 0.6) is 0 Å². The molecule has 0 aromatic heterocycles. The van der Waals surface area contributed by atoms with Gasteiger partial charge in [-0.05, 0) is 36.8 Å². The summed E-state index contributed by atoms with van der Waals surface area (Å²) < 4.78 is 0. The van der Waals surface area contributed by atoms with Gasteiger partial charge in [0.25, 0.3) is 0 Å². The fourth-order valence-corrected chi connectivity index (χ4v) is 2.95. The van der Waals surface area contributed by atoms with Crippen molar-refractivity contribution in [2.45, 2.75) is 39.0 Å². The van der Waals surface area contributed by atoms with Gasteiger partial charge in [0.15, 0.2) is 0 Å². The summed E-state index contributed by atoms with van der Waals surface area (Å²) in [5.41, 5.74) is 1.31. The molecule has 3 nitrogen and oxygen atoms in total. The number of benzene rings is 1. The van der Waals surface area contributed by atoms with Gasteiger partial charge in [0.1, 0.15) is 0 Å². The topological polar surface area (TPSA) is 41.1 Å². The average molecular weight is 311 g/mol. The molecule has 0 radical (unpaired) electrons.